The monoisotopic (exact) mass is 231 g/mol. The summed E-state index contributed by atoms with van der Waals surface area (Å²) in [5.41, 5.74) is 0.538. The number of benzene rings is 1. The maximum Gasteiger partial charge on any atom is 0.180 e. The summed E-state index contributed by atoms with van der Waals surface area (Å²) in [6.07, 6.45) is 0.600. The van der Waals surface area contributed by atoms with Crippen LogP contribution in [-0.4, -0.2) is 11.9 Å². The molecule has 0 fully saturated rings. The van der Waals surface area contributed by atoms with Crippen LogP contribution in [0, 0.1) is 17.2 Å². The van der Waals surface area contributed by atoms with Gasteiger partial charge in [0.05, 0.1) is 12.2 Å². The van der Waals surface area contributed by atoms with Gasteiger partial charge >= 0.3 is 0 Å². The van der Waals surface area contributed by atoms with Crippen LogP contribution in [0.4, 0.5) is 0 Å². The molecule has 0 radical (unpaired) electrons. The first-order valence-electron chi connectivity index (χ1n) is 5.79. The first-order chi connectivity index (χ1) is 8.08. The van der Waals surface area contributed by atoms with Gasteiger partial charge in [0.1, 0.15) is 11.7 Å². The minimum atomic E-state index is -0.565. The van der Waals surface area contributed by atoms with Gasteiger partial charge < -0.3 is 4.74 Å². The molecule has 3 nitrogen and oxygen atoms in total. The van der Waals surface area contributed by atoms with Crippen molar-refractivity contribution in [2.75, 3.05) is 0 Å². The van der Waals surface area contributed by atoms with E-state index in [4.69, 9.17) is 10.00 Å². The third-order valence-electron chi connectivity index (χ3n) is 2.37. The van der Waals surface area contributed by atoms with Crippen LogP contribution in [0.15, 0.2) is 24.3 Å². The van der Waals surface area contributed by atoms with Crippen molar-refractivity contribution in [3.8, 4) is 11.8 Å². The van der Waals surface area contributed by atoms with Crippen molar-refractivity contribution in [2.24, 2.45) is 5.92 Å². The number of hydrogen-bond acceptors (Lipinski definition) is 3. The molecule has 0 heterocycles. The Kier molecular flexibility index (Phi) is 4.71. The van der Waals surface area contributed by atoms with E-state index in [9.17, 15) is 4.79 Å². The van der Waals surface area contributed by atoms with Gasteiger partial charge in [-0.2, -0.15) is 5.26 Å². The molecule has 1 rings (SSSR count). The van der Waals surface area contributed by atoms with Gasteiger partial charge in [0.15, 0.2) is 5.78 Å². The summed E-state index contributed by atoms with van der Waals surface area (Å²) in [5.74, 6) is -0.0350. The zero-order valence-corrected chi connectivity index (χ0v) is 10.4. The van der Waals surface area contributed by atoms with Crippen molar-refractivity contribution >= 4 is 5.78 Å². The van der Waals surface area contributed by atoms with Gasteiger partial charge in [-0.05, 0) is 32.4 Å². The van der Waals surface area contributed by atoms with E-state index in [0.717, 1.165) is 0 Å². The minimum absolute atomic E-state index is 0.0679. The van der Waals surface area contributed by atoms with Gasteiger partial charge in [-0.1, -0.05) is 19.1 Å². The number of ketones is 1. The molecule has 17 heavy (non-hydrogen) atoms. The number of rotatable bonds is 5. The van der Waals surface area contributed by atoms with Crippen LogP contribution in [0.1, 0.15) is 37.6 Å². The first-order valence-corrected chi connectivity index (χ1v) is 5.79. The third kappa shape index (κ3) is 3.60. The van der Waals surface area contributed by atoms with Gasteiger partial charge in [0.25, 0.3) is 0 Å². The number of Topliss-reactive ketones (excluding diaryl/α,β-unsaturated/α-hetero) is 1. The van der Waals surface area contributed by atoms with Crippen LogP contribution in [0.3, 0.4) is 0 Å². The Bertz CT molecular complexity index is 432. The molecule has 0 saturated heterocycles. The second-order valence-corrected chi connectivity index (χ2v) is 4.15. The van der Waals surface area contributed by atoms with E-state index in [2.05, 4.69) is 0 Å². The Morgan fingerprint density at radius 3 is 2.71 bits per heavy atom. The molecule has 1 unspecified atom stereocenters. The fraction of sp³-hybridized carbons (Fsp3) is 0.429. The smallest absolute Gasteiger partial charge is 0.180 e. The van der Waals surface area contributed by atoms with Crippen LogP contribution in [0.5, 0.6) is 5.75 Å². The van der Waals surface area contributed by atoms with Gasteiger partial charge in [-0.15, -0.1) is 0 Å². The highest BCUT2D eigenvalue weighted by Gasteiger charge is 2.17. The van der Waals surface area contributed by atoms with Crippen molar-refractivity contribution in [1.29, 1.82) is 5.26 Å². The molecule has 0 spiro atoms. The quantitative estimate of drug-likeness (QED) is 0.731. The number of ether oxygens (including phenoxy) is 1. The topological polar surface area (TPSA) is 50.1 Å². The molecule has 0 aromatic heterocycles. The summed E-state index contributed by atoms with van der Waals surface area (Å²) < 4.78 is 5.52. The van der Waals surface area contributed by atoms with E-state index in [1.54, 1.807) is 18.2 Å². The molecule has 1 aromatic rings. The molecule has 0 saturated carbocycles. The van der Waals surface area contributed by atoms with Gasteiger partial charge in [0.2, 0.25) is 0 Å². The maximum absolute atomic E-state index is 12.0. The summed E-state index contributed by atoms with van der Waals surface area (Å²) in [6, 6.07) is 9.02. The third-order valence-corrected chi connectivity index (χ3v) is 2.37. The van der Waals surface area contributed by atoms with Gasteiger partial charge in [-0.25, -0.2) is 0 Å². The van der Waals surface area contributed by atoms with Gasteiger partial charge in [-0.3, -0.25) is 4.79 Å². The molecular weight excluding hydrogens is 214 g/mol. The number of nitriles is 1. The fourth-order valence-corrected chi connectivity index (χ4v) is 1.53. The van der Waals surface area contributed by atoms with E-state index in [0.29, 0.717) is 17.7 Å². The van der Waals surface area contributed by atoms with E-state index < -0.39 is 5.92 Å². The van der Waals surface area contributed by atoms with Crippen LogP contribution in [0.25, 0.3) is 0 Å². The Morgan fingerprint density at radius 2 is 2.18 bits per heavy atom. The van der Waals surface area contributed by atoms with Crippen molar-refractivity contribution < 1.29 is 9.53 Å². The van der Waals surface area contributed by atoms with Crippen LogP contribution < -0.4 is 4.74 Å². The van der Waals surface area contributed by atoms with Crippen LogP contribution in [-0.2, 0) is 0 Å². The Balaban J connectivity index is 2.92. The molecular formula is C14H17NO2. The summed E-state index contributed by atoms with van der Waals surface area (Å²) in [6.45, 7) is 5.69. The summed E-state index contributed by atoms with van der Waals surface area (Å²) in [4.78, 5) is 12.0. The summed E-state index contributed by atoms with van der Waals surface area (Å²) in [5, 5.41) is 8.87. The Morgan fingerprint density at radius 1 is 1.47 bits per heavy atom. The average molecular weight is 231 g/mol. The molecule has 0 aliphatic heterocycles. The predicted molar refractivity (Wildman–Crippen MR) is 65.9 cm³/mol. The minimum Gasteiger partial charge on any atom is -0.491 e. The zero-order valence-electron chi connectivity index (χ0n) is 10.4. The second kappa shape index (κ2) is 6.05. The first kappa shape index (κ1) is 13.2. The van der Waals surface area contributed by atoms with Crippen molar-refractivity contribution in [3.05, 3.63) is 29.8 Å². The molecule has 0 aliphatic carbocycles. The van der Waals surface area contributed by atoms with E-state index in [1.807, 2.05) is 32.9 Å². The predicted octanol–water partition coefficient (Wildman–Crippen LogP) is 3.21. The lowest BCUT2D eigenvalue weighted by molar-refractivity contribution is 0.0946. The fourth-order valence-electron chi connectivity index (χ4n) is 1.53. The van der Waals surface area contributed by atoms with Gasteiger partial charge in [0, 0.05) is 5.56 Å². The highest BCUT2D eigenvalue weighted by atomic mass is 16.5. The molecule has 0 N–H and O–H groups in total. The van der Waals surface area contributed by atoms with E-state index >= 15 is 0 Å². The lowest BCUT2D eigenvalue weighted by atomic mass is 9.96. The summed E-state index contributed by atoms with van der Waals surface area (Å²) in [7, 11) is 0. The molecule has 0 amide bonds. The standard InChI is InChI=1S/C14H17NO2/c1-4-11(9-15)14(16)12-6-5-7-13(8-12)17-10(2)3/h5-8,10-11H,4H2,1-3H3. The highest BCUT2D eigenvalue weighted by Crippen LogP contribution is 2.18. The SMILES string of the molecule is CCC(C#N)C(=O)c1cccc(OC(C)C)c1. The normalized spacial score (nSPS) is 11.9. The molecule has 90 valence electrons. The molecule has 1 aromatic carbocycles. The lowest BCUT2D eigenvalue weighted by Gasteiger charge is -2.11. The van der Waals surface area contributed by atoms with Crippen LogP contribution in [0.2, 0.25) is 0 Å². The average Bonchev–Trinajstić information content (AvgIpc) is 2.30. The number of carbonyl (C=O) groups is 1. The Labute approximate surface area is 102 Å². The second-order valence-electron chi connectivity index (χ2n) is 4.15. The van der Waals surface area contributed by atoms with Crippen molar-refractivity contribution in [3.63, 3.8) is 0 Å². The van der Waals surface area contributed by atoms with Crippen LogP contribution >= 0.6 is 0 Å². The zero-order chi connectivity index (χ0) is 12.8. The number of nitrogens with zero attached hydrogens (tertiary/aromatic N) is 1. The number of hydrogen-bond donors (Lipinski definition) is 0. The van der Waals surface area contributed by atoms with Crippen molar-refractivity contribution in [1.82, 2.24) is 0 Å². The largest absolute Gasteiger partial charge is 0.491 e. The number of carbonyl (C=O) groups excluding carboxylic acids is 1. The molecule has 3 heteroatoms. The molecule has 0 aliphatic rings. The maximum atomic E-state index is 12.0. The highest BCUT2D eigenvalue weighted by molar-refractivity contribution is 5.99. The summed E-state index contributed by atoms with van der Waals surface area (Å²) >= 11 is 0. The molecule has 1 atom stereocenters. The van der Waals surface area contributed by atoms with E-state index in [1.165, 1.54) is 0 Å². The van der Waals surface area contributed by atoms with Crippen molar-refractivity contribution in [2.45, 2.75) is 33.3 Å². The molecule has 0 bridgehead atoms. The van der Waals surface area contributed by atoms with E-state index in [-0.39, 0.29) is 11.9 Å². The lowest BCUT2D eigenvalue weighted by Crippen LogP contribution is -2.12. The Hall–Kier alpha value is -1.82.